The van der Waals surface area contributed by atoms with E-state index in [2.05, 4.69) is 0 Å². The third-order valence-corrected chi connectivity index (χ3v) is 2.86. The van der Waals surface area contributed by atoms with Gasteiger partial charge in [0, 0.05) is 17.5 Å². The number of carbonyl (C=O) groups is 1. The van der Waals surface area contributed by atoms with Crippen LogP contribution in [-0.2, 0) is 0 Å². The topological polar surface area (TPSA) is 43.1 Å². The number of benzene rings is 1. The number of hydrogen-bond donors (Lipinski definition) is 1. The Labute approximate surface area is 91.5 Å². The Morgan fingerprint density at radius 2 is 1.87 bits per heavy atom. The fourth-order valence-electron chi connectivity index (χ4n) is 1.49. The van der Waals surface area contributed by atoms with Gasteiger partial charge >= 0.3 is 0 Å². The highest BCUT2D eigenvalue weighted by Crippen LogP contribution is 2.16. The highest BCUT2D eigenvalue weighted by molar-refractivity contribution is 5.99. The van der Waals surface area contributed by atoms with Crippen LogP contribution in [0.15, 0.2) is 18.2 Å². The highest BCUT2D eigenvalue weighted by Gasteiger charge is 2.20. The first kappa shape index (κ1) is 11.9. The fourth-order valence-corrected chi connectivity index (χ4v) is 1.49. The lowest BCUT2D eigenvalue weighted by molar-refractivity contribution is 0.0916. The maximum atomic E-state index is 12.1. The molecule has 0 saturated carbocycles. The molecule has 0 aliphatic rings. The minimum Gasteiger partial charge on any atom is -0.327 e. The predicted octanol–water partition coefficient (Wildman–Crippen LogP) is 2.47. The standard InChI is InChI=1S/C13H19NO/c1-8-5-6-9(2)12(7-8)13(15)10(3)11(4)14/h5-7,10-11H,14H2,1-4H3. The Morgan fingerprint density at radius 1 is 1.27 bits per heavy atom. The number of Topliss-reactive ketones (excluding diaryl/α,β-unsaturated/α-hetero) is 1. The van der Waals surface area contributed by atoms with Crippen molar-refractivity contribution in [3.05, 3.63) is 34.9 Å². The van der Waals surface area contributed by atoms with Gasteiger partial charge < -0.3 is 5.73 Å². The predicted molar refractivity (Wildman–Crippen MR) is 63.1 cm³/mol. The van der Waals surface area contributed by atoms with Gasteiger partial charge in [-0.1, -0.05) is 24.6 Å². The molecule has 0 aliphatic heterocycles. The van der Waals surface area contributed by atoms with Crippen LogP contribution < -0.4 is 5.73 Å². The van der Waals surface area contributed by atoms with Crippen LogP contribution in [0.1, 0.15) is 35.3 Å². The van der Waals surface area contributed by atoms with Crippen LogP contribution in [-0.4, -0.2) is 11.8 Å². The second-order valence-corrected chi connectivity index (χ2v) is 4.33. The van der Waals surface area contributed by atoms with Gasteiger partial charge in [0.2, 0.25) is 0 Å². The number of nitrogens with two attached hydrogens (primary N) is 1. The third kappa shape index (κ3) is 2.66. The first-order chi connectivity index (χ1) is 6.93. The SMILES string of the molecule is Cc1ccc(C)c(C(=O)C(C)C(C)N)c1. The van der Waals surface area contributed by atoms with Gasteiger partial charge in [0.1, 0.15) is 0 Å². The number of rotatable bonds is 3. The molecule has 2 nitrogen and oxygen atoms in total. The average molecular weight is 205 g/mol. The van der Waals surface area contributed by atoms with Gasteiger partial charge in [-0.15, -0.1) is 0 Å². The van der Waals surface area contributed by atoms with Crippen molar-refractivity contribution in [2.45, 2.75) is 33.7 Å². The first-order valence-corrected chi connectivity index (χ1v) is 5.30. The van der Waals surface area contributed by atoms with Crippen LogP contribution >= 0.6 is 0 Å². The van der Waals surface area contributed by atoms with Crippen molar-refractivity contribution >= 4 is 5.78 Å². The number of carbonyl (C=O) groups excluding carboxylic acids is 1. The third-order valence-electron chi connectivity index (χ3n) is 2.86. The molecule has 0 aromatic heterocycles. The van der Waals surface area contributed by atoms with E-state index in [4.69, 9.17) is 5.73 Å². The molecule has 82 valence electrons. The van der Waals surface area contributed by atoms with Crippen LogP contribution in [0.2, 0.25) is 0 Å². The quantitative estimate of drug-likeness (QED) is 0.770. The molecular weight excluding hydrogens is 186 g/mol. The molecule has 0 amide bonds. The minimum atomic E-state index is -0.120. The van der Waals surface area contributed by atoms with Crippen molar-refractivity contribution in [1.29, 1.82) is 0 Å². The van der Waals surface area contributed by atoms with Gasteiger partial charge in [0.15, 0.2) is 5.78 Å². The van der Waals surface area contributed by atoms with E-state index in [1.54, 1.807) is 0 Å². The van der Waals surface area contributed by atoms with Crippen molar-refractivity contribution in [2.75, 3.05) is 0 Å². The molecule has 2 unspecified atom stereocenters. The molecule has 15 heavy (non-hydrogen) atoms. The summed E-state index contributed by atoms with van der Waals surface area (Å²) in [5, 5.41) is 0. The van der Waals surface area contributed by atoms with E-state index in [9.17, 15) is 4.79 Å². The molecule has 1 aromatic carbocycles. The van der Waals surface area contributed by atoms with Gasteiger partial charge in [-0.2, -0.15) is 0 Å². The van der Waals surface area contributed by atoms with Gasteiger partial charge in [-0.3, -0.25) is 4.79 Å². The highest BCUT2D eigenvalue weighted by atomic mass is 16.1. The molecular formula is C13H19NO. The molecule has 0 heterocycles. The molecule has 0 bridgehead atoms. The molecule has 0 fully saturated rings. The van der Waals surface area contributed by atoms with Gasteiger partial charge in [0.05, 0.1) is 0 Å². The molecule has 0 saturated heterocycles. The summed E-state index contributed by atoms with van der Waals surface area (Å²) in [6.07, 6.45) is 0. The van der Waals surface area contributed by atoms with Crippen molar-refractivity contribution in [2.24, 2.45) is 11.7 Å². The second-order valence-electron chi connectivity index (χ2n) is 4.33. The van der Waals surface area contributed by atoms with Crippen LogP contribution in [0, 0.1) is 19.8 Å². The summed E-state index contributed by atoms with van der Waals surface area (Å²) in [6.45, 7) is 7.70. The largest absolute Gasteiger partial charge is 0.327 e. The van der Waals surface area contributed by atoms with E-state index in [1.165, 1.54) is 0 Å². The molecule has 0 spiro atoms. The van der Waals surface area contributed by atoms with Crippen molar-refractivity contribution in [1.82, 2.24) is 0 Å². The monoisotopic (exact) mass is 205 g/mol. The van der Waals surface area contributed by atoms with E-state index in [0.717, 1.165) is 16.7 Å². The van der Waals surface area contributed by atoms with Gasteiger partial charge in [-0.05, 0) is 32.4 Å². The Balaban J connectivity index is 3.05. The fraction of sp³-hybridized carbons (Fsp3) is 0.462. The van der Waals surface area contributed by atoms with Crippen LogP contribution in [0.3, 0.4) is 0 Å². The summed E-state index contributed by atoms with van der Waals surface area (Å²) in [6, 6.07) is 5.84. The lowest BCUT2D eigenvalue weighted by atomic mass is 9.91. The van der Waals surface area contributed by atoms with Crippen molar-refractivity contribution in [3.8, 4) is 0 Å². The average Bonchev–Trinajstić information content (AvgIpc) is 2.19. The normalized spacial score (nSPS) is 14.7. The summed E-state index contributed by atoms with van der Waals surface area (Å²) in [5.74, 6) is 0.0247. The Bertz CT molecular complexity index is 369. The van der Waals surface area contributed by atoms with E-state index >= 15 is 0 Å². The zero-order valence-electron chi connectivity index (χ0n) is 9.87. The summed E-state index contributed by atoms with van der Waals surface area (Å²) in [4.78, 5) is 12.1. The minimum absolute atomic E-state index is 0.0996. The van der Waals surface area contributed by atoms with Crippen LogP contribution in [0.25, 0.3) is 0 Å². The van der Waals surface area contributed by atoms with E-state index in [0.29, 0.717) is 0 Å². The molecule has 0 aliphatic carbocycles. The van der Waals surface area contributed by atoms with Gasteiger partial charge in [0.25, 0.3) is 0 Å². The van der Waals surface area contributed by atoms with Gasteiger partial charge in [-0.25, -0.2) is 0 Å². The zero-order valence-corrected chi connectivity index (χ0v) is 9.87. The molecule has 2 heteroatoms. The maximum absolute atomic E-state index is 12.1. The maximum Gasteiger partial charge on any atom is 0.167 e. The Morgan fingerprint density at radius 3 is 2.40 bits per heavy atom. The smallest absolute Gasteiger partial charge is 0.167 e. The second kappa shape index (κ2) is 4.58. The zero-order chi connectivity index (χ0) is 11.6. The molecule has 1 rings (SSSR count). The van der Waals surface area contributed by atoms with Crippen molar-refractivity contribution < 1.29 is 4.79 Å². The lowest BCUT2D eigenvalue weighted by Crippen LogP contribution is -2.31. The lowest BCUT2D eigenvalue weighted by Gasteiger charge is -2.15. The Kier molecular flexibility index (Phi) is 3.64. The number of ketones is 1. The van der Waals surface area contributed by atoms with Crippen molar-refractivity contribution in [3.63, 3.8) is 0 Å². The molecule has 1 aromatic rings. The molecule has 2 atom stereocenters. The van der Waals surface area contributed by atoms with Crippen LogP contribution in [0.4, 0.5) is 0 Å². The molecule has 2 N–H and O–H groups in total. The van der Waals surface area contributed by atoms with E-state index < -0.39 is 0 Å². The number of hydrogen-bond acceptors (Lipinski definition) is 2. The summed E-state index contributed by atoms with van der Waals surface area (Å²) in [7, 11) is 0. The number of aryl methyl sites for hydroxylation is 2. The van der Waals surface area contributed by atoms with E-state index in [1.807, 2.05) is 45.9 Å². The van der Waals surface area contributed by atoms with Crippen LogP contribution in [0.5, 0.6) is 0 Å². The summed E-state index contributed by atoms with van der Waals surface area (Å²) < 4.78 is 0. The molecule has 0 radical (unpaired) electrons. The Hall–Kier alpha value is -1.15. The summed E-state index contributed by atoms with van der Waals surface area (Å²) >= 11 is 0. The van der Waals surface area contributed by atoms with E-state index in [-0.39, 0.29) is 17.7 Å². The first-order valence-electron chi connectivity index (χ1n) is 5.30. The summed E-state index contributed by atoms with van der Waals surface area (Å²) in [5.41, 5.74) is 8.68.